The van der Waals surface area contributed by atoms with Crippen LogP contribution in [-0.4, -0.2) is 49.4 Å². The van der Waals surface area contributed by atoms with Crippen molar-refractivity contribution in [3.05, 3.63) is 45.3 Å². The Kier molecular flexibility index (Phi) is 4.23. The molecule has 25 heavy (non-hydrogen) atoms. The third-order valence-electron chi connectivity index (χ3n) is 4.49. The molecule has 2 aromatic rings. The number of carbonyl (C=O) groups excluding carboxylic acids is 1. The molecule has 2 heterocycles. The number of nitrogens with zero attached hydrogens (tertiary/aromatic N) is 5. The van der Waals surface area contributed by atoms with Crippen molar-refractivity contribution in [2.75, 3.05) is 13.1 Å². The highest BCUT2D eigenvalue weighted by molar-refractivity contribution is 5.98. The summed E-state index contributed by atoms with van der Waals surface area (Å²) >= 11 is 0. The van der Waals surface area contributed by atoms with E-state index in [9.17, 15) is 14.9 Å². The highest BCUT2D eigenvalue weighted by atomic mass is 16.6. The van der Waals surface area contributed by atoms with Gasteiger partial charge in [-0.05, 0) is 23.5 Å². The van der Waals surface area contributed by atoms with Crippen LogP contribution < -0.4 is 0 Å². The summed E-state index contributed by atoms with van der Waals surface area (Å²) in [6.45, 7) is 6.86. The Bertz CT molecular complexity index is 797. The molecule has 1 atom stereocenters. The van der Waals surface area contributed by atoms with Crippen LogP contribution in [0.2, 0.25) is 0 Å². The Morgan fingerprint density at radius 2 is 2.16 bits per heavy atom. The van der Waals surface area contributed by atoms with Gasteiger partial charge in [0.15, 0.2) is 5.82 Å². The third kappa shape index (κ3) is 3.35. The summed E-state index contributed by atoms with van der Waals surface area (Å²) in [5, 5.41) is 25.3. The molecule has 3 rings (SSSR count). The number of amides is 1. The minimum atomic E-state index is -0.491. The summed E-state index contributed by atoms with van der Waals surface area (Å²) in [5.41, 5.74) is 0.554. The van der Waals surface area contributed by atoms with Crippen LogP contribution in [0.3, 0.4) is 0 Å². The summed E-state index contributed by atoms with van der Waals surface area (Å²) < 4.78 is 0. The van der Waals surface area contributed by atoms with E-state index >= 15 is 0 Å². The van der Waals surface area contributed by atoms with Gasteiger partial charge in [0.25, 0.3) is 11.6 Å². The number of hydrogen-bond donors (Lipinski definition) is 1. The van der Waals surface area contributed by atoms with Gasteiger partial charge < -0.3 is 4.90 Å². The number of nitro groups is 1. The van der Waals surface area contributed by atoms with E-state index in [2.05, 4.69) is 20.6 Å². The molecule has 1 aromatic carbocycles. The van der Waals surface area contributed by atoms with Gasteiger partial charge in [0.05, 0.1) is 4.92 Å². The maximum atomic E-state index is 12.8. The molecule has 1 aliphatic heterocycles. The topological polar surface area (TPSA) is 118 Å². The number of H-pyrrole nitrogens is 1. The second kappa shape index (κ2) is 6.23. The molecule has 0 aliphatic carbocycles. The van der Waals surface area contributed by atoms with Crippen molar-refractivity contribution in [1.82, 2.24) is 25.5 Å². The fourth-order valence-electron chi connectivity index (χ4n) is 3.00. The summed E-state index contributed by atoms with van der Waals surface area (Å²) in [7, 11) is 0. The first-order valence-corrected chi connectivity index (χ1v) is 8.09. The Labute approximate surface area is 144 Å². The normalized spacial score (nSPS) is 17.7. The summed E-state index contributed by atoms with van der Waals surface area (Å²) in [6.07, 6.45) is 0.707. The fraction of sp³-hybridized carbons (Fsp3) is 0.500. The first kappa shape index (κ1) is 17.0. The van der Waals surface area contributed by atoms with Crippen LogP contribution >= 0.6 is 0 Å². The molecule has 1 aromatic heterocycles. The minimum Gasteiger partial charge on any atom is -0.338 e. The molecule has 1 N–H and O–H groups in total. The lowest BCUT2D eigenvalue weighted by molar-refractivity contribution is -0.385. The predicted molar refractivity (Wildman–Crippen MR) is 89.2 cm³/mol. The van der Waals surface area contributed by atoms with Gasteiger partial charge in [-0.1, -0.05) is 32.1 Å². The van der Waals surface area contributed by atoms with E-state index in [0.717, 1.165) is 5.56 Å². The summed E-state index contributed by atoms with van der Waals surface area (Å²) in [6, 6.07) is 4.84. The number of nitrogens with one attached hydrogen (secondary N) is 1. The number of nitro benzene ring substituents is 1. The zero-order valence-electron chi connectivity index (χ0n) is 14.4. The molecule has 1 saturated heterocycles. The Morgan fingerprint density at radius 1 is 1.40 bits per heavy atom. The lowest BCUT2D eigenvalue weighted by Gasteiger charge is -2.20. The van der Waals surface area contributed by atoms with E-state index in [1.54, 1.807) is 17.0 Å². The number of aromatic nitrogens is 4. The van der Waals surface area contributed by atoms with E-state index in [1.807, 2.05) is 20.8 Å². The standard InChI is InChI=1S/C16H20N6O3/c1-16(2,3)11-4-5-12(13(8-11)22(24)25)15(23)21-7-6-10(9-21)14-17-19-20-18-14/h4-5,8,10H,6-7,9H2,1-3H3,(H,17,18,19,20). The number of rotatable bonds is 3. The zero-order chi connectivity index (χ0) is 18.2. The molecule has 0 spiro atoms. The Balaban J connectivity index is 1.86. The van der Waals surface area contributed by atoms with Crippen molar-refractivity contribution in [2.45, 2.75) is 38.5 Å². The second-order valence-electron chi connectivity index (χ2n) is 7.25. The molecule has 9 heteroatoms. The number of carbonyl (C=O) groups is 1. The monoisotopic (exact) mass is 344 g/mol. The molecule has 0 bridgehead atoms. The number of likely N-dealkylation sites (tertiary alicyclic amines) is 1. The van der Waals surface area contributed by atoms with Crippen LogP contribution in [0, 0.1) is 10.1 Å². The zero-order valence-corrected chi connectivity index (χ0v) is 14.4. The molecule has 132 valence electrons. The number of tetrazole rings is 1. The van der Waals surface area contributed by atoms with E-state index in [0.29, 0.717) is 25.3 Å². The average Bonchev–Trinajstić information content (AvgIpc) is 3.23. The highest BCUT2D eigenvalue weighted by Crippen LogP contribution is 2.31. The van der Waals surface area contributed by atoms with Crippen molar-refractivity contribution in [3.63, 3.8) is 0 Å². The van der Waals surface area contributed by atoms with Gasteiger partial charge in [0.1, 0.15) is 5.56 Å². The van der Waals surface area contributed by atoms with Crippen molar-refractivity contribution in [3.8, 4) is 0 Å². The summed E-state index contributed by atoms with van der Waals surface area (Å²) in [5.74, 6) is 0.224. The molecule has 9 nitrogen and oxygen atoms in total. The van der Waals surface area contributed by atoms with Crippen molar-refractivity contribution < 1.29 is 9.72 Å². The number of aromatic amines is 1. The molecular formula is C16H20N6O3. The first-order chi connectivity index (χ1) is 11.8. The van der Waals surface area contributed by atoms with Crippen molar-refractivity contribution >= 4 is 11.6 Å². The van der Waals surface area contributed by atoms with Gasteiger partial charge in [0, 0.05) is 25.1 Å². The van der Waals surface area contributed by atoms with Gasteiger partial charge in [-0.3, -0.25) is 14.9 Å². The third-order valence-corrected chi connectivity index (χ3v) is 4.49. The molecule has 1 aliphatic rings. The van der Waals surface area contributed by atoms with E-state index in [1.165, 1.54) is 6.07 Å². The van der Waals surface area contributed by atoms with Crippen molar-refractivity contribution in [2.24, 2.45) is 0 Å². The smallest absolute Gasteiger partial charge is 0.282 e. The number of hydrogen-bond acceptors (Lipinski definition) is 6. The quantitative estimate of drug-likeness (QED) is 0.672. The second-order valence-corrected chi connectivity index (χ2v) is 7.25. The first-order valence-electron chi connectivity index (χ1n) is 8.09. The molecule has 1 amide bonds. The lowest BCUT2D eigenvalue weighted by atomic mass is 9.86. The van der Waals surface area contributed by atoms with Gasteiger partial charge >= 0.3 is 0 Å². The molecule has 1 fully saturated rings. The van der Waals surface area contributed by atoms with Crippen LogP contribution in [0.15, 0.2) is 18.2 Å². The van der Waals surface area contributed by atoms with Gasteiger partial charge in [-0.25, -0.2) is 0 Å². The number of benzene rings is 1. The largest absolute Gasteiger partial charge is 0.338 e. The van der Waals surface area contributed by atoms with Crippen LogP contribution in [0.5, 0.6) is 0 Å². The van der Waals surface area contributed by atoms with Crippen molar-refractivity contribution in [1.29, 1.82) is 0 Å². The molecule has 0 radical (unpaired) electrons. The maximum Gasteiger partial charge on any atom is 0.282 e. The van der Waals surface area contributed by atoms with Crippen LogP contribution in [-0.2, 0) is 5.41 Å². The highest BCUT2D eigenvalue weighted by Gasteiger charge is 2.33. The Hall–Kier alpha value is -2.84. The molecule has 1 unspecified atom stereocenters. The van der Waals surface area contributed by atoms with E-state index in [-0.39, 0.29) is 28.5 Å². The van der Waals surface area contributed by atoms with Crippen LogP contribution in [0.1, 0.15) is 54.9 Å². The lowest BCUT2D eigenvalue weighted by Crippen LogP contribution is -2.29. The maximum absolute atomic E-state index is 12.8. The fourth-order valence-corrected chi connectivity index (χ4v) is 3.00. The SMILES string of the molecule is CC(C)(C)c1ccc(C(=O)N2CCC(c3nn[nH]n3)C2)c([N+](=O)[O-])c1. The molecule has 0 saturated carbocycles. The van der Waals surface area contributed by atoms with Crippen LogP contribution in [0.4, 0.5) is 5.69 Å². The predicted octanol–water partition coefficient (Wildman–Crippen LogP) is 2.04. The van der Waals surface area contributed by atoms with Gasteiger partial charge in [-0.2, -0.15) is 5.21 Å². The van der Waals surface area contributed by atoms with E-state index < -0.39 is 4.92 Å². The van der Waals surface area contributed by atoms with Crippen LogP contribution in [0.25, 0.3) is 0 Å². The molecular weight excluding hydrogens is 324 g/mol. The van der Waals surface area contributed by atoms with Gasteiger partial charge in [0.2, 0.25) is 0 Å². The average molecular weight is 344 g/mol. The summed E-state index contributed by atoms with van der Waals surface area (Å²) in [4.78, 5) is 25.4. The van der Waals surface area contributed by atoms with Gasteiger partial charge in [-0.15, -0.1) is 10.2 Å². The van der Waals surface area contributed by atoms with E-state index in [4.69, 9.17) is 0 Å². The minimum absolute atomic E-state index is 0.00407. The Morgan fingerprint density at radius 3 is 2.76 bits per heavy atom.